The van der Waals surface area contributed by atoms with Gasteiger partial charge >= 0.3 is 0 Å². The van der Waals surface area contributed by atoms with Gasteiger partial charge in [0.15, 0.2) is 5.78 Å². The van der Waals surface area contributed by atoms with Crippen LogP contribution in [0.3, 0.4) is 0 Å². The number of nitrogens with zero attached hydrogens (tertiary/aromatic N) is 2. The van der Waals surface area contributed by atoms with E-state index in [-0.39, 0.29) is 5.78 Å². The maximum Gasteiger partial charge on any atom is 0.166 e. The molecule has 0 radical (unpaired) electrons. The molecule has 3 nitrogen and oxygen atoms in total. The fraction of sp³-hybridized carbons (Fsp3) is 0.615. The lowest BCUT2D eigenvalue weighted by Crippen LogP contribution is -2.15. The smallest absolute Gasteiger partial charge is 0.166 e. The van der Waals surface area contributed by atoms with Crippen LogP contribution in [0.4, 0.5) is 0 Å². The SMILES string of the molecule is O=C1CCCCc2nc(C3CCC3)ncc21. The van der Waals surface area contributed by atoms with E-state index in [1.54, 1.807) is 6.20 Å². The minimum atomic E-state index is 0.229. The van der Waals surface area contributed by atoms with E-state index < -0.39 is 0 Å². The fourth-order valence-corrected chi connectivity index (χ4v) is 2.43. The van der Waals surface area contributed by atoms with E-state index in [2.05, 4.69) is 9.97 Å². The fourth-order valence-electron chi connectivity index (χ4n) is 2.43. The molecule has 0 unspecified atom stereocenters. The number of carbonyl (C=O) groups is 1. The van der Waals surface area contributed by atoms with Crippen molar-refractivity contribution in [2.75, 3.05) is 0 Å². The predicted molar refractivity (Wildman–Crippen MR) is 60.5 cm³/mol. The zero-order valence-corrected chi connectivity index (χ0v) is 9.41. The van der Waals surface area contributed by atoms with Crippen molar-refractivity contribution in [3.05, 3.63) is 23.3 Å². The third-order valence-electron chi connectivity index (χ3n) is 3.72. The zero-order chi connectivity index (χ0) is 11.0. The topological polar surface area (TPSA) is 42.9 Å². The Labute approximate surface area is 95.3 Å². The Morgan fingerprint density at radius 3 is 2.69 bits per heavy atom. The van der Waals surface area contributed by atoms with Crippen molar-refractivity contribution in [2.24, 2.45) is 0 Å². The summed E-state index contributed by atoms with van der Waals surface area (Å²) >= 11 is 0. The summed E-state index contributed by atoms with van der Waals surface area (Å²) in [6.07, 6.45) is 9.18. The highest BCUT2D eigenvalue weighted by molar-refractivity contribution is 5.97. The van der Waals surface area contributed by atoms with Crippen molar-refractivity contribution in [3.8, 4) is 0 Å². The molecular formula is C13H16N2O. The second kappa shape index (κ2) is 3.96. The third kappa shape index (κ3) is 1.64. The van der Waals surface area contributed by atoms with Crippen LogP contribution in [0.5, 0.6) is 0 Å². The summed E-state index contributed by atoms with van der Waals surface area (Å²) in [7, 11) is 0. The van der Waals surface area contributed by atoms with Gasteiger partial charge in [-0.1, -0.05) is 6.42 Å². The van der Waals surface area contributed by atoms with Crippen LogP contribution in [0.2, 0.25) is 0 Å². The van der Waals surface area contributed by atoms with Crippen LogP contribution in [0, 0.1) is 0 Å². The summed E-state index contributed by atoms with van der Waals surface area (Å²) in [5.74, 6) is 1.76. The highest BCUT2D eigenvalue weighted by Gasteiger charge is 2.24. The van der Waals surface area contributed by atoms with E-state index in [1.807, 2.05) is 0 Å². The average molecular weight is 216 g/mol. The van der Waals surface area contributed by atoms with Gasteiger partial charge in [-0.15, -0.1) is 0 Å². The second-order valence-electron chi connectivity index (χ2n) is 4.85. The molecule has 1 saturated carbocycles. The van der Waals surface area contributed by atoms with E-state index in [0.29, 0.717) is 12.3 Å². The van der Waals surface area contributed by atoms with Gasteiger partial charge in [0.05, 0.1) is 11.3 Å². The number of rotatable bonds is 1. The maximum atomic E-state index is 11.8. The van der Waals surface area contributed by atoms with Gasteiger partial charge in [-0.25, -0.2) is 9.97 Å². The zero-order valence-electron chi connectivity index (χ0n) is 9.41. The Bertz CT molecular complexity index is 424. The Morgan fingerprint density at radius 1 is 1.12 bits per heavy atom. The van der Waals surface area contributed by atoms with Gasteiger partial charge in [-0.2, -0.15) is 0 Å². The molecule has 2 aliphatic carbocycles. The predicted octanol–water partition coefficient (Wildman–Crippen LogP) is 2.65. The van der Waals surface area contributed by atoms with E-state index in [0.717, 1.165) is 36.3 Å². The van der Waals surface area contributed by atoms with Gasteiger partial charge in [-0.3, -0.25) is 4.79 Å². The highest BCUT2D eigenvalue weighted by Crippen LogP contribution is 2.34. The van der Waals surface area contributed by atoms with Crippen LogP contribution in [-0.2, 0) is 6.42 Å². The summed E-state index contributed by atoms with van der Waals surface area (Å²) in [6.45, 7) is 0. The Hall–Kier alpha value is -1.25. The lowest BCUT2D eigenvalue weighted by molar-refractivity contribution is 0.0981. The molecule has 1 heterocycles. The van der Waals surface area contributed by atoms with Gasteiger partial charge in [0.25, 0.3) is 0 Å². The van der Waals surface area contributed by atoms with Crippen molar-refractivity contribution in [1.29, 1.82) is 0 Å². The first-order chi connectivity index (χ1) is 7.84. The Morgan fingerprint density at radius 2 is 1.94 bits per heavy atom. The van der Waals surface area contributed by atoms with Crippen molar-refractivity contribution < 1.29 is 4.79 Å². The molecule has 1 fully saturated rings. The molecule has 0 saturated heterocycles. The van der Waals surface area contributed by atoms with Crippen molar-refractivity contribution >= 4 is 5.78 Å². The molecule has 0 amide bonds. The quantitative estimate of drug-likeness (QED) is 0.678. The molecule has 0 bridgehead atoms. The van der Waals surface area contributed by atoms with Crippen molar-refractivity contribution in [3.63, 3.8) is 0 Å². The number of carbonyl (C=O) groups excluding carboxylic acids is 1. The average Bonchev–Trinajstić information content (AvgIpc) is 2.38. The number of hydrogen-bond donors (Lipinski definition) is 0. The number of ketones is 1. The Balaban J connectivity index is 1.96. The molecule has 0 N–H and O–H groups in total. The molecule has 0 atom stereocenters. The third-order valence-corrected chi connectivity index (χ3v) is 3.72. The molecular weight excluding hydrogens is 200 g/mol. The van der Waals surface area contributed by atoms with E-state index >= 15 is 0 Å². The molecule has 1 aromatic rings. The lowest BCUT2D eigenvalue weighted by Gasteiger charge is -2.24. The van der Waals surface area contributed by atoms with Gasteiger partial charge in [0.1, 0.15) is 5.82 Å². The Kier molecular flexibility index (Phi) is 2.46. The van der Waals surface area contributed by atoms with Crippen molar-refractivity contribution in [1.82, 2.24) is 9.97 Å². The second-order valence-corrected chi connectivity index (χ2v) is 4.85. The number of fused-ring (bicyclic) bond motifs is 1. The van der Waals surface area contributed by atoms with Crippen LogP contribution in [-0.4, -0.2) is 15.8 Å². The maximum absolute atomic E-state index is 11.8. The summed E-state index contributed by atoms with van der Waals surface area (Å²) in [6, 6.07) is 0. The van der Waals surface area contributed by atoms with Gasteiger partial charge in [0.2, 0.25) is 0 Å². The number of aryl methyl sites for hydroxylation is 1. The van der Waals surface area contributed by atoms with Crippen LogP contribution < -0.4 is 0 Å². The van der Waals surface area contributed by atoms with Crippen LogP contribution in [0.1, 0.15) is 66.3 Å². The largest absolute Gasteiger partial charge is 0.294 e. The van der Waals surface area contributed by atoms with Gasteiger partial charge < -0.3 is 0 Å². The van der Waals surface area contributed by atoms with Crippen LogP contribution >= 0.6 is 0 Å². The minimum absolute atomic E-state index is 0.229. The highest BCUT2D eigenvalue weighted by atomic mass is 16.1. The molecule has 16 heavy (non-hydrogen) atoms. The number of aromatic nitrogens is 2. The molecule has 3 heteroatoms. The van der Waals surface area contributed by atoms with Gasteiger partial charge in [-0.05, 0) is 32.1 Å². The molecule has 3 rings (SSSR count). The standard InChI is InChI=1S/C13H16N2O/c16-12-7-2-1-6-11-10(12)8-14-13(15-11)9-4-3-5-9/h8-9H,1-7H2. The molecule has 2 aliphatic rings. The molecule has 84 valence electrons. The minimum Gasteiger partial charge on any atom is -0.294 e. The molecule has 0 spiro atoms. The number of hydrogen-bond acceptors (Lipinski definition) is 3. The van der Waals surface area contributed by atoms with Gasteiger partial charge in [0, 0.05) is 18.5 Å². The molecule has 0 aromatic carbocycles. The lowest BCUT2D eigenvalue weighted by atomic mass is 9.84. The van der Waals surface area contributed by atoms with E-state index in [1.165, 1.54) is 19.3 Å². The van der Waals surface area contributed by atoms with Crippen LogP contribution in [0.15, 0.2) is 6.20 Å². The van der Waals surface area contributed by atoms with Crippen molar-refractivity contribution in [2.45, 2.75) is 50.9 Å². The molecule has 1 aromatic heterocycles. The van der Waals surface area contributed by atoms with Crippen LogP contribution in [0.25, 0.3) is 0 Å². The summed E-state index contributed by atoms with van der Waals surface area (Å²) in [4.78, 5) is 20.8. The first-order valence-electron chi connectivity index (χ1n) is 6.23. The summed E-state index contributed by atoms with van der Waals surface area (Å²) in [5, 5.41) is 0. The first kappa shape index (κ1) is 9.94. The monoisotopic (exact) mass is 216 g/mol. The van der Waals surface area contributed by atoms with E-state index in [9.17, 15) is 4.79 Å². The number of Topliss-reactive ketones (excluding diaryl/α,β-unsaturated/α-hetero) is 1. The normalized spacial score (nSPS) is 21.1. The summed E-state index contributed by atoms with van der Waals surface area (Å²) < 4.78 is 0. The summed E-state index contributed by atoms with van der Waals surface area (Å²) in [5.41, 5.74) is 1.78. The van der Waals surface area contributed by atoms with E-state index in [4.69, 9.17) is 0 Å². The first-order valence-corrected chi connectivity index (χ1v) is 6.23. The molecule has 0 aliphatic heterocycles.